The number of esters is 1. The lowest BCUT2D eigenvalue weighted by molar-refractivity contribution is -0.137. The number of benzene rings is 1. The molecule has 0 fully saturated rings. The van der Waals surface area contributed by atoms with Gasteiger partial charge in [0, 0.05) is 10.6 Å². The largest absolute Gasteiger partial charge is 0.463 e. The van der Waals surface area contributed by atoms with Gasteiger partial charge in [-0.05, 0) is 24.6 Å². The van der Waals surface area contributed by atoms with Gasteiger partial charge < -0.3 is 4.74 Å². The molecule has 1 rings (SSSR count). The zero-order valence-electron chi connectivity index (χ0n) is 9.02. The Labute approximate surface area is 104 Å². The molecule has 0 aliphatic rings. The van der Waals surface area contributed by atoms with Crippen LogP contribution in [0, 0.1) is 0 Å². The van der Waals surface area contributed by atoms with E-state index in [1.165, 1.54) is 6.08 Å². The van der Waals surface area contributed by atoms with Crippen LogP contribution in [0.5, 0.6) is 0 Å². The fourth-order valence-corrected chi connectivity index (χ4v) is 1.49. The number of hydrogen-bond donors (Lipinski definition) is 0. The molecule has 0 aliphatic heterocycles. The third-order valence-corrected chi connectivity index (χ3v) is 2.26. The van der Waals surface area contributed by atoms with E-state index in [2.05, 4.69) is 15.9 Å². The normalized spacial score (nSPS) is 11.8. The number of hydrogen-bond acceptors (Lipinski definition) is 2. The summed E-state index contributed by atoms with van der Waals surface area (Å²) in [5.41, 5.74) is 1.07. The minimum absolute atomic E-state index is 0.332. The van der Waals surface area contributed by atoms with Crippen LogP contribution in [0.4, 0.5) is 0 Å². The molecule has 0 N–H and O–H groups in total. The topological polar surface area (TPSA) is 26.3 Å². The maximum absolute atomic E-state index is 11.0. The standard InChI is InChI=1S/C13H13BrO2/c1-2-16-13(15)9-8-12(14)10-11-6-4-3-5-7-11/h3-10H,2H2,1H3/b9-8+,12-10-. The van der Waals surface area contributed by atoms with Crippen LogP contribution in [-0.2, 0) is 9.53 Å². The minimum atomic E-state index is -0.332. The summed E-state index contributed by atoms with van der Waals surface area (Å²) in [6.07, 6.45) is 4.99. The van der Waals surface area contributed by atoms with E-state index in [4.69, 9.17) is 4.74 Å². The Kier molecular flexibility index (Phi) is 5.57. The lowest BCUT2D eigenvalue weighted by Crippen LogP contribution is -1.98. The molecule has 16 heavy (non-hydrogen) atoms. The van der Waals surface area contributed by atoms with Gasteiger partial charge in [0.05, 0.1) is 6.61 Å². The van der Waals surface area contributed by atoms with Crippen molar-refractivity contribution in [3.8, 4) is 0 Å². The molecule has 0 heterocycles. The Bertz CT molecular complexity index is 394. The van der Waals surface area contributed by atoms with Crippen LogP contribution < -0.4 is 0 Å². The van der Waals surface area contributed by atoms with Gasteiger partial charge in [-0.2, -0.15) is 0 Å². The Balaban J connectivity index is 2.62. The van der Waals surface area contributed by atoms with E-state index in [-0.39, 0.29) is 5.97 Å². The summed E-state index contributed by atoms with van der Waals surface area (Å²) in [4.78, 5) is 11.0. The highest BCUT2D eigenvalue weighted by Crippen LogP contribution is 2.13. The quantitative estimate of drug-likeness (QED) is 0.479. The summed E-state index contributed by atoms with van der Waals surface area (Å²) < 4.78 is 5.59. The van der Waals surface area contributed by atoms with Crippen molar-refractivity contribution in [2.75, 3.05) is 6.61 Å². The van der Waals surface area contributed by atoms with Gasteiger partial charge in [0.25, 0.3) is 0 Å². The molecule has 1 aromatic rings. The highest BCUT2D eigenvalue weighted by Gasteiger charge is 1.94. The summed E-state index contributed by atoms with van der Waals surface area (Å²) in [7, 11) is 0. The van der Waals surface area contributed by atoms with Crippen LogP contribution in [0.15, 0.2) is 47.0 Å². The molecule has 0 amide bonds. The second-order valence-corrected chi connectivity index (χ2v) is 3.94. The number of carbonyl (C=O) groups excluding carboxylic acids is 1. The maximum Gasteiger partial charge on any atom is 0.330 e. The van der Waals surface area contributed by atoms with E-state index >= 15 is 0 Å². The monoisotopic (exact) mass is 280 g/mol. The van der Waals surface area contributed by atoms with Crippen molar-refractivity contribution < 1.29 is 9.53 Å². The predicted molar refractivity (Wildman–Crippen MR) is 69.1 cm³/mol. The van der Waals surface area contributed by atoms with E-state index in [1.54, 1.807) is 13.0 Å². The van der Waals surface area contributed by atoms with Gasteiger partial charge >= 0.3 is 5.97 Å². The summed E-state index contributed by atoms with van der Waals surface area (Å²) in [6.45, 7) is 2.17. The minimum Gasteiger partial charge on any atom is -0.463 e. The second-order valence-electron chi connectivity index (χ2n) is 3.03. The fourth-order valence-electron chi connectivity index (χ4n) is 1.09. The van der Waals surface area contributed by atoms with Crippen LogP contribution in [0.2, 0.25) is 0 Å². The van der Waals surface area contributed by atoms with E-state index in [0.717, 1.165) is 10.0 Å². The molecule has 0 aromatic heterocycles. The number of halogens is 1. The van der Waals surface area contributed by atoms with Crippen LogP contribution in [0.25, 0.3) is 6.08 Å². The first-order valence-corrected chi connectivity index (χ1v) is 5.78. The van der Waals surface area contributed by atoms with Crippen LogP contribution in [0.3, 0.4) is 0 Å². The van der Waals surface area contributed by atoms with Gasteiger partial charge in [0.15, 0.2) is 0 Å². The summed E-state index contributed by atoms with van der Waals surface area (Å²) in [6, 6.07) is 9.85. The summed E-state index contributed by atoms with van der Waals surface area (Å²) >= 11 is 3.36. The van der Waals surface area contributed by atoms with E-state index < -0.39 is 0 Å². The van der Waals surface area contributed by atoms with Gasteiger partial charge in [-0.15, -0.1) is 0 Å². The Morgan fingerprint density at radius 3 is 2.62 bits per heavy atom. The number of ether oxygens (including phenoxy) is 1. The average Bonchev–Trinajstić information content (AvgIpc) is 2.28. The third kappa shape index (κ3) is 4.94. The molecule has 3 heteroatoms. The first-order valence-electron chi connectivity index (χ1n) is 4.99. The third-order valence-electron chi connectivity index (χ3n) is 1.77. The highest BCUT2D eigenvalue weighted by atomic mass is 79.9. The van der Waals surface area contributed by atoms with Gasteiger partial charge in [-0.3, -0.25) is 0 Å². The molecule has 2 nitrogen and oxygen atoms in total. The van der Waals surface area contributed by atoms with E-state index in [1.807, 2.05) is 36.4 Å². The molecule has 0 spiro atoms. The smallest absolute Gasteiger partial charge is 0.330 e. The Hall–Kier alpha value is -1.35. The Morgan fingerprint density at radius 1 is 1.31 bits per heavy atom. The SMILES string of the molecule is CCOC(=O)/C=C/C(Br)=C/c1ccccc1. The predicted octanol–water partition coefficient (Wildman–Crippen LogP) is 3.54. The van der Waals surface area contributed by atoms with Gasteiger partial charge in [0.1, 0.15) is 0 Å². The molecule has 0 aliphatic carbocycles. The van der Waals surface area contributed by atoms with Crippen molar-refractivity contribution in [2.45, 2.75) is 6.92 Å². The lowest BCUT2D eigenvalue weighted by Gasteiger charge is -1.95. The molecule has 0 radical (unpaired) electrons. The van der Waals surface area contributed by atoms with E-state index in [0.29, 0.717) is 6.61 Å². The van der Waals surface area contributed by atoms with Crippen molar-refractivity contribution in [3.63, 3.8) is 0 Å². The summed E-state index contributed by atoms with van der Waals surface area (Å²) in [5.74, 6) is -0.332. The molecule has 0 unspecified atom stereocenters. The van der Waals surface area contributed by atoms with Crippen molar-refractivity contribution >= 4 is 28.0 Å². The highest BCUT2D eigenvalue weighted by molar-refractivity contribution is 9.12. The first kappa shape index (κ1) is 12.7. The molecule has 0 saturated carbocycles. The molecule has 0 atom stereocenters. The number of carbonyl (C=O) groups is 1. The summed E-state index contributed by atoms with van der Waals surface area (Å²) in [5, 5.41) is 0. The Morgan fingerprint density at radius 2 is 2.00 bits per heavy atom. The van der Waals surface area contributed by atoms with Crippen molar-refractivity contribution in [3.05, 3.63) is 52.5 Å². The van der Waals surface area contributed by atoms with Gasteiger partial charge in [-0.1, -0.05) is 46.3 Å². The average molecular weight is 281 g/mol. The maximum atomic E-state index is 11.0. The molecular weight excluding hydrogens is 268 g/mol. The van der Waals surface area contributed by atoms with E-state index in [9.17, 15) is 4.79 Å². The number of allylic oxidation sites excluding steroid dienone is 2. The van der Waals surface area contributed by atoms with Crippen LogP contribution >= 0.6 is 15.9 Å². The van der Waals surface area contributed by atoms with Crippen LogP contribution in [0.1, 0.15) is 12.5 Å². The zero-order chi connectivity index (χ0) is 11.8. The molecule has 0 bridgehead atoms. The zero-order valence-corrected chi connectivity index (χ0v) is 10.6. The molecule has 84 valence electrons. The first-order chi connectivity index (χ1) is 7.72. The number of rotatable bonds is 4. The van der Waals surface area contributed by atoms with Crippen molar-refractivity contribution in [2.24, 2.45) is 0 Å². The van der Waals surface area contributed by atoms with Crippen molar-refractivity contribution in [1.82, 2.24) is 0 Å². The van der Waals surface area contributed by atoms with Crippen LogP contribution in [-0.4, -0.2) is 12.6 Å². The van der Waals surface area contributed by atoms with Gasteiger partial charge in [-0.25, -0.2) is 4.79 Å². The second kappa shape index (κ2) is 7.01. The van der Waals surface area contributed by atoms with Gasteiger partial charge in [0.2, 0.25) is 0 Å². The van der Waals surface area contributed by atoms with Crippen molar-refractivity contribution in [1.29, 1.82) is 0 Å². The fraction of sp³-hybridized carbons (Fsp3) is 0.154. The lowest BCUT2D eigenvalue weighted by atomic mass is 10.2. The molecule has 1 aromatic carbocycles. The molecule has 0 saturated heterocycles. The molecular formula is C13H13BrO2.